The second kappa shape index (κ2) is 5.38. The van der Waals surface area contributed by atoms with Crippen LogP contribution in [0.4, 0.5) is 0 Å². The van der Waals surface area contributed by atoms with Crippen LogP contribution in [0.25, 0.3) is 0 Å². The van der Waals surface area contributed by atoms with Gasteiger partial charge in [-0.05, 0) is 30.6 Å². The van der Waals surface area contributed by atoms with Gasteiger partial charge in [-0.1, -0.05) is 27.7 Å². The van der Waals surface area contributed by atoms with Crippen LogP contribution in [-0.4, -0.2) is 46.1 Å². The van der Waals surface area contributed by atoms with Crippen LogP contribution in [0.5, 0.6) is 0 Å². The topological polar surface area (TPSA) is 101 Å². The fraction of sp³-hybridized carbons (Fsp3) is 0.850. The summed E-state index contributed by atoms with van der Waals surface area (Å²) in [6.07, 6.45) is -1.72. The Kier molecular flexibility index (Phi) is 3.75. The zero-order valence-corrected chi connectivity index (χ0v) is 15.8. The Bertz CT molecular complexity index is 688. The average Bonchev–Trinajstić information content (AvgIpc) is 2.56. The molecular weight excluding hydrogens is 336 g/mol. The van der Waals surface area contributed by atoms with E-state index in [1.165, 1.54) is 0 Å². The summed E-state index contributed by atoms with van der Waals surface area (Å²) in [6, 6.07) is 0. The molecule has 1 aliphatic heterocycles. The van der Waals surface area contributed by atoms with Crippen LogP contribution in [0.1, 0.15) is 47.0 Å². The quantitative estimate of drug-likeness (QED) is 0.625. The summed E-state index contributed by atoms with van der Waals surface area (Å²) in [6.45, 7) is 7.53. The number of hydrogen-bond acceptors (Lipinski definition) is 6. The van der Waals surface area contributed by atoms with E-state index < -0.39 is 41.0 Å². The van der Waals surface area contributed by atoms with Crippen molar-refractivity contribution in [1.29, 1.82) is 0 Å². The monoisotopic (exact) mass is 364 g/mol. The minimum Gasteiger partial charge on any atom is -0.462 e. The largest absolute Gasteiger partial charge is 0.462 e. The molecule has 4 fully saturated rings. The van der Waals surface area contributed by atoms with E-state index in [9.17, 15) is 24.6 Å². The standard InChI is InChI=1S/C20H28O6/c1-8-5-12(21)18(25)20(4)10(8)6-13-19(3)11(7-14(22)26-13)9(2)15(23)16(24)17(19)20/h8-13,16-17,21,24H,5-7H2,1-4H3/t8-,9-,10+,11+,12+,13-,16-,17+,19-,20+/m1/s1. The molecule has 4 rings (SSSR count). The van der Waals surface area contributed by atoms with Crippen LogP contribution in [0, 0.1) is 40.4 Å². The molecule has 10 atom stereocenters. The van der Waals surface area contributed by atoms with Gasteiger partial charge in [0, 0.05) is 29.1 Å². The van der Waals surface area contributed by atoms with Gasteiger partial charge in [-0.3, -0.25) is 14.4 Å². The van der Waals surface area contributed by atoms with Crippen molar-refractivity contribution in [2.24, 2.45) is 40.4 Å². The van der Waals surface area contributed by atoms with Crippen LogP contribution in [0.2, 0.25) is 0 Å². The summed E-state index contributed by atoms with van der Waals surface area (Å²) in [5.41, 5.74) is -1.65. The molecule has 6 nitrogen and oxygen atoms in total. The normalized spacial score (nSPS) is 56.5. The molecule has 6 heteroatoms. The van der Waals surface area contributed by atoms with Gasteiger partial charge in [0.05, 0.1) is 0 Å². The van der Waals surface area contributed by atoms with Crippen molar-refractivity contribution >= 4 is 17.5 Å². The highest BCUT2D eigenvalue weighted by atomic mass is 16.5. The number of aliphatic hydroxyl groups excluding tert-OH is 2. The van der Waals surface area contributed by atoms with Crippen LogP contribution < -0.4 is 0 Å². The number of Topliss-reactive ketones (excluding diaryl/α,β-unsaturated/α-hetero) is 2. The number of hydrogen-bond donors (Lipinski definition) is 2. The Hall–Kier alpha value is -1.27. The van der Waals surface area contributed by atoms with Crippen LogP contribution in [0.3, 0.4) is 0 Å². The maximum Gasteiger partial charge on any atom is 0.306 e. The predicted octanol–water partition coefficient (Wildman–Crippen LogP) is 1.12. The van der Waals surface area contributed by atoms with Crippen molar-refractivity contribution in [1.82, 2.24) is 0 Å². The summed E-state index contributed by atoms with van der Waals surface area (Å²) in [7, 11) is 0. The predicted molar refractivity (Wildman–Crippen MR) is 90.8 cm³/mol. The third-order valence-electron chi connectivity index (χ3n) is 8.48. The van der Waals surface area contributed by atoms with Crippen molar-refractivity contribution in [3.8, 4) is 0 Å². The molecule has 1 saturated heterocycles. The molecule has 0 radical (unpaired) electrons. The molecule has 4 aliphatic rings. The fourth-order valence-corrected chi connectivity index (χ4v) is 7.21. The Morgan fingerprint density at radius 1 is 1.04 bits per heavy atom. The van der Waals surface area contributed by atoms with Crippen molar-refractivity contribution < 1.29 is 29.3 Å². The third-order valence-corrected chi connectivity index (χ3v) is 8.48. The molecule has 0 unspecified atom stereocenters. The van der Waals surface area contributed by atoms with Crippen molar-refractivity contribution in [2.45, 2.75) is 65.3 Å². The number of fused-ring (bicyclic) bond motifs is 2. The van der Waals surface area contributed by atoms with Gasteiger partial charge in [0.2, 0.25) is 0 Å². The first-order chi connectivity index (χ1) is 12.0. The number of esters is 1. The maximum atomic E-state index is 13.2. The lowest BCUT2D eigenvalue weighted by molar-refractivity contribution is -0.255. The maximum absolute atomic E-state index is 13.2. The van der Waals surface area contributed by atoms with Crippen molar-refractivity contribution in [3.63, 3.8) is 0 Å². The lowest BCUT2D eigenvalue weighted by Crippen LogP contribution is -2.73. The highest BCUT2D eigenvalue weighted by molar-refractivity contribution is 5.94. The lowest BCUT2D eigenvalue weighted by atomic mass is 9.38. The number of carbonyl (C=O) groups excluding carboxylic acids is 3. The van der Waals surface area contributed by atoms with E-state index in [2.05, 4.69) is 0 Å². The molecular formula is C20H28O6. The van der Waals surface area contributed by atoms with Crippen LogP contribution in [0.15, 0.2) is 0 Å². The lowest BCUT2D eigenvalue weighted by Gasteiger charge is -2.67. The van der Waals surface area contributed by atoms with Gasteiger partial charge in [-0.2, -0.15) is 0 Å². The highest BCUT2D eigenvalue weighted by Crippen LogP contribution is 2.67. The summed E-state index contributed by atoms with van der Waals surface area (Å²) < 4.78 is 5.73. The first kappa shape index (κ1) is 18.1. The van der Waals surface area contributed by atoms with E-state index in [4.69, 9.17) is 4.74 Å². The summed E-state index contributed by atoms with van der Waals surface area (Å²) in [4.78, 5) is 38.2. The smallest absolute Gasteiger partial charge is 0.306 e. The summed E-state index contributed by atoms with van der Waals surface area (Å²) >= 11 is 0. The Morgan fingerprint density at radius 2 is 1.69 bits per heavy atom. The van der Waals surface area contributed by atoms with E-state index in [1.807, 2.05) is 20.8 Å². The van der Waals surface area contributed by atoms with E-state index in [0.717, 1.165) is 0 Å². The second-order valence-electron chi connectivity index (χ2n) is 9.49. The SMILES string of the molecule is C[C@@H]1C[C@H](O)C(=O)[C@]2(C)[C@H]3[C@H](O)C(=O)[C@H](C)[C@@H]4CC(=O)O[C@H](C[C@@H]12)[C@]34C. The molecule has 0 spiro atoms. The van der Waals surface area contributed by atoms with Gasteiger partial charge in [0.1, 0.15) is 18.3 Å². The number of ether oxygens (including phenoxy) is 1. The number of ketones is 2. The molecule has 0 aromatic carbocycles. The molecule has 0 aromatic heterocycles. The number of aliphatic hydroxyl groups is 2. The summed E-state index contributed by atoms with van der Waals surface area (Å²) in [5, 5.41) is 21.4. The average molecular weight is 364 g/mol. The number of rotatable bonds is 0. The third kappa shape index (κ3) is 1.92. The zero-order valence-electron chi connectivity index (χ0n) is 15.8. The van der Waals surface area contributed by atoms with Gasteiger partial charge in [-0.15, -0.1) is 0 Å². The Morgan fingerprint density at radius 3 is 2.35 bits per heavy atom. The van der Waals surface area contributed by atoms with E-state index in [-0.39, 0.29) is 41.7 Å². The Labute approximate surface area is 153 Å². The first-order valence-electron chi connectivity index (χ1n) is 9.68. The van der Waals surface area contributed by atoms with Gasteiger partial charge in [0.25, 0.3) is 0 Å². The molecule has 0 amide bonds. The van der Waals surface area contributed by atoms with Gasteiger partial charge >= 0.3 is 5.97 Å². The molecule has 26 heavy (non-hydrogen) atoms. The minimum atomic E-state index is -1.28. The molecule has 1 heterocycles. The van der Waals surface area contributed by atoms with E-state index >= 15 is 0 Å². The molecule has 0 bridgehead atoms. The molecule has 3 aliphatic carbocycles. The van der Waals surface area contributed by atoms with Crippen LogP contribution in [-0.2, 0) is 19.1 Å². The highest BCUT2D eigenvalue weighted by Gasteiger charge is 2.73. The second-order valence-corrected chi connectivity index (χ2v) is 9.49. The van der Waals surface area contributed by atoms with Crippen LogP contribution >= 0.6 is 0 Å². The number of carbonyl (C=O) groups is 3. The van der Waals surface area contributed by atoms with Crippen molar-refractivity contribution in [2.75, 3.05) is 0 Å². The van der Waals surface area contributed by atoms with E-state index in [1.54, 1.807) is 6.92 Å². The zero-order chi connectivity index (χ0) is 19.2. The Balaban J connectivity index is 1.92. The molecule has 144 valence electrons. The van der Waals surface area contributed by atoms with Gasteiger partial charge in [-0.25, -0.2) is 0 Å². The fourth-order valence-electron chi connectivity index (χ4n) is 7.21. The first-order valence-corrected chi connectivity index (χ1v) is 9.68. The minimum absolute atomic E-state index is 0.0398. The molecule has 3 saturated carbocycles. The summed E-state index contributed by atoms with van der Waals surface area (Å²) in [5.74, 6) is -2.33. The van der Waals surface area contributed by atoms with Gasteiger partial charge < -0.3 is 14.9 Å². The van der Waals surface area contributed by atoms with E-state index in [0.29, 0.717) is 12.8 Å². The van der Waals surface area contributed by atoms with Crippen molar-refractivity contribution in [3.05, 3.63) is 0 Å². The molecule has 0 aromatic rings. The molecule has 2 N–H and O–H groups in total. The van der Waals surface area contributed by atoms with Gasteiger partial charge in [0.15, 0.2) is 11.6 Å².